The normalized spacial score (nSPS) is 61.1. The Morgan fingerprint density at radius 3 is 2.36 bits per heavy atom. The van der Waals surface area contributed by atoms with E-state index in [9.17, 15) is 5.11 Å². The molecule has 0 aromatic heterocycles. The highest BCUT2D eigenvalue weighted by molar-refractivity contribution is 5.13. The number of epoxide rings is 1. The van der Waals surface area contributed by atoms with Crippen LogP contribution in [0.5, 0.6) is 0 Å². The Bertz CT molecular complexity index is 179. The fraction of sp³-hybridized carbons (Fsp3) is 1.00. The third-order valence-corrected chi connectivity index (χ3v) is 3.39. The van der Waals surface area contributed by atoms with Gasteiger partial charge in [0.05, 0.1) is 6.10 Å². The quantitative estimate of drug-likeness (QED) is 0.483. The number of hydrogen-bond donors (Lipinski definition) is 1. The second kappa shape index (κ2) is 1.79. The van der Waals surface area contributed by atoms with Crippen molar-refractivity contribution in [3.05, 3.63) is 0 Å². The number of likely N-dealkylation sites (N-methyl/N-ethyl adjacent to an activating group) is 1. The number of ether oxygens (including phenoxy) is 1. The molecule has 2 bridgehead atoms. The van der Waals surface area contributed by atoms with E-state index in [1.807, 2.05) is 0 Å². The first-order valence-electron chi connectivity index (χ1n) is 4.33. The summed E-state index contributed by atoms with van der Waals surface area (Å²) < 4.78 is 5.49. The Morgan fingerprint density at radius 1 is 1.27 bits per heavy atom. The summed E-state index contributed by atoms with van der Waals surface area (Å²) >= 11 is 0. The van der Waals surface area contributed by atoms with Crippen molar-refractivity contribution in [2.75, 3.05) is 7.05 Å². The number of aliphatic hydroxyl groups is 1. The van der Waals surface area contributed by atoms with Crippen molar-refractivity contribution < 1.29 is 9.84 Å². The average Bonchev–Trinajstić information content (AvgIpc) is 2.66. The highest BCUT2D eigenvalue weighted by Gasteiger charge is 2.62. The van der Waals surface area contributed by atoms with Crippen molar-refractivity contribution in [1.82, 2.24) is 4.90 Å². The third kappa shape index (κ3) is 0.687. The molecule has 11 heavy (non-hydrogen) atoms. The van der Waals surface area contributed by atoms with Gasteiger partial charge in [0.2, 0.25) is 0 Å². The summed E-state index contributed by atoms with van der Waals surface area (Å²) in [5.41, 5.74) is 0. The molecule has 3 rings (SSSR count). The topological polar surface area (TPSA) is 36.0 Å². The van der Waals surface area contributed by atoms with Crippen LogP contribution in [-0.4, -0.2) is 47.4 Å². The van der Waals surface area contributed by atoms with Crippen LogP contribution >= 0.6 is 0 Å². The first-order valence-corrected chi connectivity index (χ1v) is 4.33. The summed E-state index contributed by atoms with van der Waals surface area (Å²) in [4.78, 5) is 2.38. The summed E-state index contributed by atoms with van der Waals surface area (Å²) in [5.74, 6) is 0. The molecule has 1 N–H and O–H groups in total. The number of aliphatic hydroxyl groups excluding tert-OH is 1. The second-order valence-electron chi connectivity index (χ2n) is 3.99. The minimum atomic E-state index is -0.0717. The van der Waals surface area contributed by atoms with E-state index >= 15 is 0 Å². The van der Waals surface area contributed by atoms with Gasteiger partial charge >= 0.3 is 0 Å². The molecule has 0 saturated carbocycles. The van der Waals surface area contributed by atoms with Crippen LogP contribution in [0.3, 0.4) is 0 Å². The maximum Gasteiger partial charge on any atom is 0.101 e. The summed E-state index contributed by atoms with van der Waals surface area (Å²) in [6, 6.07) is 1.02. The Balaban J connectivity index is 1.90. The van der Waals surface area contributed by atoms with Gasteiger partial charge in [0.25, 0.3) is 0 Å². The Kier molecular flexibility index (Phi) is 1.04. The molecule has 0 spiro atoms. The maximum atomic E-state index is 9.46. The third-order valence-electron chi connectivity index (χ3n) is 3.39. The molecule has 0 radical (unpaired) electrons. The summed E-state index contributed by atoms with van der Waals surface area (Å²) in [6.07, 6.45) is 2.67. The monoisotopic (exact) mass is 155 g/mol. The number of rotatable bonds is 0. The van der Waals surface area contributed by atoms with E-state index in [-0.39, 0.29) is 6.10 Å². The molecular weight excluding hydrogens is 142 g/mol. The molecule has 3 heteroatoms. The van der Waals surface area contributed by atoms with Gasteiger partial charge < -0.3 is 9.84 Å². The van der Waals surface area contributed by atoms with Crippen LogP contribution in [0.2, 0.25) is 0 Å². The van der Waals surface area contributed by atoms with Crippen LogP contribution in [0.15, 0.2) is 0 Å². The number of morpholine rings is 1. The van der Waals surface area contributed by atoms with Gasteiger partial charge in [-0.25, -0.2) is 0 Å². The molecule has 5 atom stereocenters. The lowest BCUT2D eigenvalue weighted by atomic mass is 10.00. The van der Waals surface area contributed by atoms with Crippen molar-refractivity contribution in [1.29, 1.82) is 0 Å². The van der Waals surface area contributed by atoms with E-state index in [4.69, 9.17) is 4.74 Å². The molecule has 2 unspecified atom stereocenters. The number of nitrogens with zero attached hydrogens (tertiary/aromatic N) is 1. The predicted molar refractivity (Wildman–Crippen MR) is 39.2 cm³/mol. The van der Waals surface area contributed by atoms with Crippen LogP contribution in [0.1, 0.15) is 12.8 Å². The van der Waals surface area contributed by atoms with Gasteiger partial charge in [-0.1, -0.05) is 0 Å². The molecule has 62 valence electrons. The van der Waals surface area contributed by atoms with Crippen LogP contribution < -0.4 is 0 Å². The van der Waals surface area contributed by atoms with Gasteiger partial charge in [0.1, 0.15) is 12.2 Å². The summed E-state index contributed by atoms with van der Waals surface area (Å²) in [5, 5.41) is 9.46. The smallest absolute Gasteiger partial charge is 0.101 e. The van der Waals surface area contributed by atoms with Crippen LogP contribution in [0.4, 0.5) is 0 Å². The molecule has 0 aromatic rings. The molecule has 0 aliphatic carbocycles. The molecule has 3 aliphatic heterocycles. The lowest BCUT2D eigenvalue weighted by Crippen LogP contribution is -2.46. The largest absolute Gasteiger partial charge is 0.393 e. The van der Waals surface area contributed by atoms with E-state index in [1.165, 1.54) is 0 Å². The van der Waals surface area contributed by atoms with Gasteiger partial charge in [-0.2, -0.15) is 0 Å². The molecule has 3 aliphatic rings. The minimum absolute atomic E-state index is 0.0717. The molecule has 3 fully saturated rings. The zero-order valence-corrected chi connectivity index (χ0v) is 6.60. The minimum Gasteiger partial charge on any atom is -0.393 e. The van der Waals surface area contributed by atoms with Crippen molar-refractivity contribution in [2.45, 2.75) is 43.2 Å². The highest BCUT2D eigenvalue weighted by Crippen LogP contribution is 2.47. The van der Waals surface area contributed by atoms with Gasteiger partial charge in [-0.15, -0.1) is 0 Å². The zero-order valence-electron chi connectivity index (χ0n) is 6.60. The average molecular weight is 155 g/mol. The number of piperidine rings is 1. The van der Waals surface area contributed by atoms with E-state index in [1.54, 1.807) is 0 Å². The van der Waals surface area contributed by atoms with Crippen molar-refractivity contribution in [3.63, 3.8) is 0 Å². The second-order valence-corrected chi connectivity index (χ2v) is 3.99. The predicted octanol–water partition coefficient (Wildman–Crippen LogP) is -0.409. The van der Waals surface area contributed by atoms with Crippen molar-refractivity contribution in [2.24, 2.45) is 0 Å². The molecule has 3 nitrogen and oxygen atoms in total. The summed E-state index contributed by atoms with van der Waals surface area (Å²) in [7, 11) is 2.15. The molecule has 0 aromatic carbocycles. The van der Waals surface area contributed by atoms with E-state index in [2.05, 4.69) is 11.9 Å². The van der Waals surface area contributed by atoms with Gasteiger partial charge in [0, 0.05) is 12.1 Å². The van der Waals surface area contributed by atoms with E-state index < -0.39 is 0 Å². The summed E-state index contributed by atoms with van der Waals surface area (Å²) in [6.45, 7) is 0. The first-order chi connectivity index (χ1) is 5.27. The standard InChI is InChI=1S/C8H13NO2/c1-9-5-2-4(10)3-6(9)8-7(5)11-8/h4-8,10H,2-3H2,1H3/t4?,5-,6?,7-,8+/m0/s1. The lowest BCUT2D eigenvalue weighted by molar-refractivity contribution is 0.00149. The zero-order chi connectivity index (χ0) is 7.59. The van der Waals surface area contributed by atoms with Crippen molar-refractivity contribution in [3.8, 4) is 0 Å². The van der Waals surface area contributed by atoms with E-state index in [0.717, 1.165) is 12.8 Å². The lowest BCUT2D eigenvalue weighted by Gasteiger charge is -2.36. The molecule has 0 amide bonds. The fourth-order valence-corrected chi connectivity index (χ4v) is 2.72. The molecule has 3 heterocycles. The maximum absolute atomic E-state index is 9.46. The Hall–Kier alpha value is -0.120. The number of fused-ring (bicyclic) bond motifs is 5. The molecular formula is C8H13NO2. The Morgan fingerprint density at radius 2 is 1.82 bits per heavy atom. The fourth-order valence-electron chi connectivity index (χ4n) is 2.72. The number of hydrogen-bond acceptors (Lipinski definition) is 3. The van der Waals surface area contributed by atoms with Crippen LogP contribution in [0.25, 0.3) is 0 Å². The van der Waals surface area contributed by atoms with Gasteiger partial charge in [-0.3, -0.25) is 4.90 Å². The highest BCUT2D eigenvalue weighted by atomic mass is 16.6. The SMILES string of the molecule is CN1C2CC(O)C[C@H]1[C@@H]1O[C@H]21. The first kappa shape index (κ1) is 6.40. The molecule has 3 saturated heterocycles. The van der Waals surface area contributed by atoms with Gasteiger partial charge in [-0.05, 0) is 19.9 Å². The van der Waals surface area contributed by atoms with Crippen LogP contribution in [-0.2, 0) is 4.74 Å². The van der Waals surface area contributed by atoms with Crippen LogP contribution in [0, 0.1) is 0 Å². The van der Waals surface area contributed by atoms with Crippen molar-refractivity contribution >= 4 is 0 Å². The Labute approximate surface area is 65.9 Å². The van der Waals surface area contributed by atoms with E-state index in [0.29, 0.717) is 24.3 Å². The van der Waals surface area contributed by atoms with Gasteiger partial charge in [0.15, 0.2) is 0 Å².